The molecule has 0 fully saturated rings. The van der Waals surface area contributed by atoms with Gasteiger partial charge in [0.15, 0.2) is 0 Å². The minimum Gasteiger partial charge on any atom is -0.478 e. The van der Waals surface area contributed by atoms with Gasteiger partial charge in [-0.05, 0) is 19.8 Å². The van der Waals surface area contributed by atoms with Crippen molar-refractivity contribution in [2.24, 2.45) is 0 Å². The van der Waals surface area contributed by atoms with Gasteiger partial charge in [-0.1, -0.05) is 25.8 Å². The van der Waals surface area contributed by atoms with Crippen molar-refractivity contribution >= 4 is 30.8 Å². The van der Waals surface area contributed by atoms with Gasteiger partial charge in [-0.15, -0.1) is 24.8 Å². The number of halogens is 2. The number of unbranched alkanes of at least 4 members (excludes halogenated alkanes) is 3. The normalized spacial score (nSPS) is 9.85. The van der Waals surface area contributed by atoms with Crippen LogP contribution in [0.1, 0.15) is 39.5 Å². The molecule has 0 saturated carbocycles. The molecule has 0 bridgehead atoms. The van der Waals surface area contributed by atoms with E-state index < -0.39 is 5.97 Å². The molecule has 4 heteroatoms. The largest absolute Gasteiger partial charge is 0.478 e. The minimum absolute atomic E-state index is 0. The molecule has 13 heavy (non-hydrogen) atoms. The fourth-order valence-corrected chi connectivity index (χ4v) is 0.800. The molecule has 80 valence electrons. The third-order valence-electron chi connectivity index (χ3n) is 1.60. The number of hydrogen-bond acceptors (Lipinski definition) is 1. The summed E-state index contributed by atoms with van der Waals surface area (Å²) in [5.41, 5.74) is 0.459. The molecule has 0 aliphatic carbocycles. The van der Waals surface area contributed by atoms with Crippen molar-refractivity contribution in [2.75, 3.05) is 0 Å². The highest BCUT2D eigenvalue weighted by atomic mass is 35.5. The van der Waals surface area contributed by atoms with E-state index >= 15 is 0 Å². The van der Waals surface area contributed by atoms with Crippen LogP contribution in [0.25, 0.3) is 0 Å². The Morgan fingerprint density at radius 1 is 1.31 bits per heavy atom. The van der Waals surface area contributed by atoms with Crippen molar-refractivity contribution in [3.8, 4) is 0 Å². The average molecular weight is 229 g/mol. The summed E-state index contributed by atoms with van der Waals surface area (Å²) >= 11 is 0. The lowest BCUT2D eigenvalue weighted by Gasteiger charge is -1.93. The second-order valence-corrected chi connectivity index (χ2v) is 2.69. The molecular weight excluding hydrogens is 211 g/mol. The molecule has 0 amide bonds. The van der Waals surface area contributed by atoms with E-state index in [1.54, 1.807) is 13.0 Å². The number of aliphatic carboxylic acids is 1. The highest BCUT2D eigenvalue weighted by Crippen LogP contribution is 2.02. The van der Waals surface area contributed by atoms with E-state index in [4.69, 9.17) is 5.11 Å². The van der Waals surface area contributed by atoms with Gasteiger partial charge in [0.1, 0.15) is 0 Å². The van der Waals surface area contributed by atoms with Crippen LogP contribution in [0.2, 0.25) is 0 Å². The SMILES string of the molecule is CCCCC/C=C(/C)C(=O)O.Cl.Cl. The number of carboxylic acid groups (broad SMARTS) is 1. The molecule has 0 radical (unpaired) electrons. The number of carboxylic acids is 1. The van der Waals surface area contributed by atoms with Crippen molar-refractivity contribution in [2.45, 2.75) is 39.5 Å². The van der Waals surface area contributed by atoms with Crippen LogP contribution >= 0.6 is 24.8 Å². The average Bonchev–Trinajstić information content (AvgIpc) is 1.97. The monoisotopic (exact) mass is 228 g/mol. The third-order valence-corrected chi connectivity index (χ3v) is 1.60. The molecule has 0 aromatic rings. The fraction of sp³-hybridized carbons (Fsp3) is 0.667. The van der Waals surface area contributed by atoms with Gasteiger partial charge in [0.25, 0.3) is 0 Å². The summed E-state index contributed by atoms with van der Waals surface area (Å²) in [6.45, 7) is 3.77. The minimum atomic E-state index is -0.804. The lowest BCUT2D eigenvalue weighted by molar-refractivity contribution is -0.132. The summed E-state index contributed by atoms with van der Waals surface area (Å²) in [4.78, 5) is 10.3. The Bertz CT molecular complexity index is 156. The van der Waals surface area contributed by atoms with Crippen LogP contribution in [0.5, 0.6) is 0 Å². The third kappa shape index (κ3) is 11.8. The molecule has 0 aliphatic heterocycles. The summed E-state index contributed by atoms with van der Waals surface area (Å²) < 4.78 is 0. The zero-order valence-electron chi connectivity index (χ0n) is 8.08. The summed E-state index contributed by atoms with van der Waals surface area (Å²) in [6.07, 6.45) is 6.15. The van der Waals surface area contributed by atoms with Crippen LogP contribution in [0.15, 0.2) is 11.6 Å². The lowest BCUT2D eigenvalue weighted by atomic mass is 10.1. The van der Waals surface area contributed by atoms with Gasteiger partial charge in [0.05, 0.1) is 0 Å². The van der Waals surface area contributed by atoms with E-state index in [-0.39, 0.29) is 24.8 Å². The summed E-state index contributed by atoms with van der Waals surface area (Å²) in [5.74, 6) is -0.804. The van der Waals surface area contributed by atoms with Crippen LogP contribution in [0.4, 0.5) is 0 Å². The van der Waals surface area contributed by atoms with E-state index in [1.165, 1.54) is 12.8 Å². The summed E-state index contributed by atoms with van der Waals surface area (Å²) in [5, 5.41) is 8.47. The van der Waals surface area contributed by atoms with Gasteiger partial charge in [0, 0.05) is 5.57 Å². The Hall–Kier alpha value is -0.210. The van der Waals surface area contributed by atoms with Crippen LogP contribution in [0, 0.1) is 0 Å². The van der Waals surface area contributed by atoms with E-state index in [0.717, 1.165) is 12.8 Å². The fourth-order valence-electron chi connectivity index (χ4n) is 0.800. The molecule has 1 N–H and O–H groups in total. The first kappa shape index (κ1) is 18.5. The maximum Gasteiger partial charge on any atom is 0.330 e. The van der Waals surface area contributed by atoms with E-state index in [2.05, 4.69) is 6.92 Å². The second-order valence-electron chi connectivity index (χ2n) is 2.69. The maximum absolute atomic E-state index is 10.3. The van der Waals surface area contributed by atoms with Crippen molar-refractivity contribution < 1.29 is 9.90 Å². The van der Waals surface area contributed by atoms with Crippen molar-refractivity contribution in [1.82, 2.24) is 0 Å². The van der Waals surface area contributed by atoms with Gasteiger partial charge >= 0.3 is 5.97 Å². The Balaban J connectivity index is -0.000000500. The van der Waals surface area contributed by atoms with Gasteiger partial charge in [-0.3, -0.25) is 0 Å². The smallest absolute Gasteiger partial charge is 0.330 e. The molecule has 0 spiro atoms. The van der Waals surface area contributed by atoms with Crippen molar-refractivity contribution in [3.05, 3.63) is 11.6 Å². The quantitative estimate of drug-likeness (QED) is 0.579. The zero-order valence-corrected chi connectivity index (χ0v) is 9.71. The predicted octanol–water partition coefficient (Wildman–Crippen LogP) is 3.44. The van der Waals surface area contributed by atoms with Gasteiger partial charge in [0.2, 0.25) is 0 Å². The van der Waals surface area contributed by atoms with Crippen molar-refractivity contribution in [1.29, 1.82) is 0 Å². The van der Waals surface area contributed by atoms with Crippen LogP contribution in [-0.4, -0.2) is 11.1 Å². The topological polar surface area (TPSA) is 37.3 Å². The number of allylic oxidation sites excluding steroid dienone is 1. The highest BCUT2D eigenvalue weighted by Gasteiger charge is 1.96. The number of hydrogen-bond donors (Lipinski definition) is 1. The first-order valence-electron chi connectivity index (χ1n) is 4.08. The molecule has 0 saturated heterocycles. The number of rotatable bonds is 5. The standard InChI is InChI=1S/C9H16O2.2ClH/c1-3-4-5-6-7-8(2)9(10)11;;/h7H,3-6H2,1-2H3,(H,10,11);2*1H/b8-7-;;. The van der Waals surface area contributed by atoms with Crippen LogP contribution < -0.4 is 0 Å². The first-order chi connectivity index (χ1) is 5.18. The van der Waals surface area contributed by atoms with Crippen molar-refractivity contribution in [3.63, 3.8) is 0 Å². The van der Waals surface area contributed by atoms with Crippen LogP contribution in [-0.2, 0) is 4.79 Å². The van der Waals surface area contributed by atoms with E-state index in [9.17, 15) is 4.79 Å². The van der Waals surface area contributed by atoms with Crippen LogP contribution in [0.3, 0.4) is 0 Å². The van der Waals surface area contributed by atoms with Gasteiger partial charge in [-0.25, -0.2) is 4.79 Å². The highest BCUT2D eigenvalue weighted by molar-refractivity contribution is 5.86. The molecule has 2 nitrogen and oxygen atoms in total. The Kier molecular flexibility index (Phi) is 16.8. The maximum atomic E-state index is 10.3. The van der Waals surface area contributed by atoms with E-state index in [1.807, 2.05) is 0 Å². The Labute approximate surface area is 92.2 Å². The number of carbonyl (C=O) groups is 1. The molecule has 0 atom stereocenters. The molecule has 0 heterocycles. The lowest BCUT2D eigenvalue weighted by Crippen LogP contribution is -1.95. The first-order valence-corrected chi connectivity index (χ1v) is 4.08. The Morgan fingerprint density at radius 2 is 1.85 bits per heavy atom. The molecule has 0 rings (SSSR count). The molecule has 0 aromatic carbocycles. The van der Waals surface area contributed by atoms with E-state index in [0.29, 0.717) is 5.57 Å². The summed E-state index contributed by atoms with van der Waals surface area (Å²) in [6, 6.07) is 0. The molecule has 0 unspecified atom stereocenters. The molecule has 0 aromatic heterocycles. The second kappa shape index (κ2) is 11.8. The van der Waals surface area contributed by atoms with Gasteiger partial charge < -0.3 is 5.11 Å². The molecular formula is C9H18Cl2O2. The van der Waals surface area contributed by atoms with Gasteiger partial charge in [-0.2, -0.15) is 0 Å². The Morgan fingerprint density at radius 3 is 2.23 bits per heavy atom. The molecule has 0 aliphatic rings. The summed E-state index contributed by atoms with van der Waals surface area (Å²) in [7, 11) is 0. The zero-order chi connectivity index (χ0) is 8.69. The predicted molar refractivity (Wildman–Crippen MR) is 60.0 cm³/mol.